The summed E-state index contributed by atoms with van der Waals surface area (Å²) in [6, 6.07) is 17.6. The summed E-state index contributed by atoms with van der Waals surface area (Å²) in [4.78, 5) is 1.78. The molecule has 268 valence electrons. The van der Waals surface area contributed by atoms with Crippen molar-refractivity contribution in [2.45, 2.75) is 62.2 Å². The third-order valence-corrected chi connectivity index (χ3v) is 15.7. The molecule has 8 nitrogen and oxygen atoms in total. The minimum atomic E-state index is -4.41. The Balaban J connectivity index is 0.000000225. The van der Waals surface area contributed by atoms with Crippen LogP contribution in [0.3, 0.4) is 0 Å². The molecule has 0 bridgehead atoms. The molecule has 2 heterocycles. The lowest BCUT2D eigenvalue weighted by molar-refractivity contribution is 0.397. The fourth-order valence-electron chi connectivity index (χ4n) is 5.05. The van der Waals surface area contributed by atoms with Crippen LogP contribution in [-0.4, -0.2) is 40.2 Å². The molecular weight excluding hydrogens is 793 g/mol. The van der Waals surface area contributed by atoms with E-state index in [1.165, 1.54) is 66.9 Å². The first-order chi connectivity index (χ1) is 23.7. The molecule has 16 heteroatoms. The van der Waals surface area contributed by atoms with E-state index in [0.29, 0.717) is 15.8 Å². The molecule has 50 heavy (non-hydrogen) atoms. The second-order valence-corrected chi connectivity index (χ2v) is 19.7. The van der Waals surface area contributed by atoms with Crippen LogP contribution in [0.15, 0.2) is 70.5 Å². The summed E-state index contributed by atoms with van der Waals surface area (Å²) in [6.45, 7) is 4.21. The van der Waals surface area contributed by atoms with Gasteiger partial charge in [-0.15, -0.1) is 0 Å². The summed E-state index contributed by atoms with van der Waals surface area (Å²) in [5.41, 5.74) is 5.49. The van der Waals surface area contributed by atoms with Crippen molar-refractivity contribution in [2.75, 3.05) is 14.2 Å². The van der Waals surface area contributed by atoms with Gasteiger partial charge in [-0.25, -0.2) is 0 Å². The minimum Gasteiger partial charge on any atom is -0.495 e. The van der Waals surface area contributed by atoms with E-state index in [2.05, 4.69) is 6.92 Å². The van der Waals surface area contributed by atoms with Crippen molar-refractivity contribution >= 4 is 86.0 Å². The fourth-order valence-corrected chi connectivity index (χ4v) is 12.3. The predicted octanol–water partition coefficient (Wildman–Crippen LogP) is 10.9. The summed E-state index contributed by atoms with van der Waals surface area (Å²) in [7, 11) is 0.309. The number of hydrogen-bond donors (Lipinski definition) is 2. The molecule has 2 N–H and O–H groups in total. The molecule has 2 aromatic heterocycles. The molecule has 0 spiro atoms. The van der Waals surface area contributed by atoms with E-state index < -0.39 is 20.2 Å². The average Bonchev–Trinajstić information content (AvgIpc) is 3.63. The van der Waals surface area contributed by atoms with E-state index in [1.54, 1.807) is 43.2 Å². The number of hydrogen-bond acceptors (Lipinski definition) is 12. The number of methoxy groups -OCH3 is 2. The maximum absolute atomic E-state index is 11.7. The lowest BCUT2D eigenvalue weighted by atomic mass is 10.0. The summed E-state index contributed by atoms with van der Waals surface area (Å²) in [5, 5.41) is 0. The first-order valence-electron chi connectivity index (χ1n) is 15.3. The van der Waals surface area contributed by atoms with Crippen LogP contribution in [-0.2, 0) is 33.1 Å². The zero-order valence-electron chi connectivity index (χ0n) is 27.6. The van der Waals surface area contributed by atoms with Crippen LogP contribution in [0.1, 0.15) is 54.2 Å². The molecule has 0 aliphatic rings. The van der Waals surface area contributed by atoms with Gasteiger partial charge in [-0.2, -0.15) is 16.8 Å². The average molecular weight is 829 g/mol. The van der Waals surface area contributed by atoms with Gasteiger partial charge in [0, 0.05) is 16.9 Å². The Morgan fingerprint density at radius 3 is 1.88 bits per heavy atom. The van der Waals surface area contributed by atoms with Crippen molar-refractivity contribution in [3.05, 3.63) is 89.9 Å². The van der Waals surface area contributed by atoms with Crippen molar-refractivity contribution in [3.8, 4) is 33.1 Å². The van der Waals surface area contributed by atoms with Gasteiger partial charge in [0.1, 0.15) is 28.9 Å². The van der Waals surface area contributed by atoms with Crippen LogP contribution in [0.5, 0.6) is 11.5 Å². The standard InChI is InChI=1S/C17H14O4S4.C17H22O4S4/c1-10-3-5-11(6-4-10)16-15(17(22)24-23-16)12-7-8-13(21-2)14(9-12)25(18,19)20;1-3-4-5-6-7-15-13(17(22)24-23-15)10-12-8-9-14(21-2)16(11-12)25(18,19)20/h3-9H,1-2H3,(H,18,19,20);8-9,11H,3-7,10H2,1-2H3,(H,18,19,20). The fraction of sp³-hybridized carbons (Fsp3) is 0.294. The zero-order valence-corrected chi connectivity index (χ0v) is 34.2. The van der Waals surface area contributed by atoms with Gasteiger partial charge in [0.2, 0.25) is 0 Å². The van der Waals surface area contributed by atoms with Crippen molar-refractivity contribution in [1.29, 1.82) is 0 Å². The van der Waals surface area contributed by atoms with Gasteiger partial charge >= 0.3 is 0 Å². The van der Waals surface area contributed by atoms with Gasteiger partial charge in [0.25, 0.3) is 20.2 Å². The van der Waals surface area contributed by atoms with Gasteiger partial charge in [0.15, 0.2) is 0 Å². The van der Waals surface area contributed by atoms with Crippen molar-refractivity contribution in [1.82, 2.24) is 0 Å². The highest BCUT2D eigenvalue weighted by atomic mass is 32.9. The zero-order chi connectivity index (χ0) is 36.6. The maximum atomic E-state index is 11.7. The normalized spacial score (nSPS) is 11.6. The molecule has 0 fully saturated rings. The van der Waals surface area contributed by atoms with Gasteiger partial charge in [-0.1, -0.05) is 134 Å². The maximum Gasteiger partial charge on any atom is 0.298 e. The highest BCUT2D eigenvalue weighted by molar-refractivity contribution is 7.86. The van der Waals surface area contributed by atoms with Gasteiger partial charge < -0.3 is 9.47 Å². The molecule has 5 rings (SSSR count). The largest absolute Gasteiger partial charge is 0.495 e. The Morgan fingerprint density at radius 2 is 1.28 bits per heavy atom. The smallest absolute Gasteiger partial charge is 0.298 e. The van der Waals surface area contributed by atoms with E-state index in [4.69, 9.17) is 33.9 Å². The molecule has 0 saturated carbocycles. The Kier molecular flexibility index (Phi) is 14.5. The molecular formula is C34H36O8S8. The number of ether oxygens (including phenoxy) is 2. The number of rotatable bonds is 13. The first kappa shape index (κ1) is 40.4. The second kappa shape index (κ2) is 17.9. The van der Waals surface area contributed by atoms with Crippen molar-refractivity contribution in [2.24, 2.45) is 0 Å². The van der Waals surface area contributed by atoms with E-state index in [-0.39, 0.29) is 21.3 Å². The third-order valence-electron chi connectivity index (χ3n) is 7.62. The molecule has 0 radical (unpaired) electrons. The summed E-state index contributed by atoms with van der Waals surface area (Å²) < 4.78 is 76.9. The van der Waals surface area contributed by atoms with Gasteiger partial charge in [0.05, 0.1) is 19.1 Å². The van der Waals surface area contributed by atoms with Gasteiger partial charge in [-0.05, 0) is 66.3 Å². The van der Waals surface area contributed by atoms with Crippen LogP contribution in [0.2, 0.25) is 0 Å². The Bertz CT molecular complexity index is 2260. The van der Waals surface area contributed by atoms with Crippen molar-refractivity contribution in [3.63, 3.8) is 0 Å². The predicted molar refractivity (Wildman–Crippen MR) is 211 cm³/mol. The topological polar surface area (TPSA) is 127 Å². The summed E-state index contributed by atoms with van der Waals surface area (Å²) >= 11 is 10.9. The Morgan fingerprint density at radius 1 is 0.700 bits per heavy atom. The molecule has 0 saturated heterocycles. The number of unbranched alkanes of at least 4 members (excludes halogenated alkanes) is 3. The van der Waals surface area contributed by atoms with E-state index in [1.807, 2.05) is 37.3 Å². The molecule has 0 aliphatic carbocycles. The van der Waals surface area contributed by atoms with E-state index in [9.17, 15) is 25.9 Å². The van der Waals surface area contributed by atoms with Crippen LogP contribution in [0, 0.1) is 14.6 Å². The monoisotopic (exact) mass is 828 g/mol. The highest BCUT2D eigenvalue weighted by Gasteiger charge is 2.21. The lowest BCUT2D eigenvalue weighted by Gasteiger charge is -2.09. The van der Waals surface area contributed by atoms with Gasteiger partial charge in [-0.3, -0.25) is 9.11 Å². The molecule has 3 aromatic carbocycles. The third kappa shape index (κ3) is 10.4. The van der Waals surface area contributed by atoms with E-state index >= 15 is 0 Å². The first-order valence-corrected chi connectivity index (χ1v) is 23.3. The molecule has 0 unspecified atom stereocenters. The minimum absolute atomic E-state index is 0.0907. The summed E-state index contributed by atoms with van der Waals surface area (Å²) in [6.07, 6.45) is 6.36. The number of aryl methyl sites for hydroxylation is 2. The SMILES string of the molecule is CCCCCCc1ssc(=S)c1Cc1ccc(OC)c(S(=O)(=O)O)c1.COc1ccc(-c2c(-c3ccc(C)cc3)ssc2=S)cc1S(=O)(=O)O. The second-order valence-electron chi connectivity index (χ2n) is 11.2. The lowest BCUT2D eigenvalue weighted by Crippen LogP contribution is -2.03. The van der Waals surface area contributed by atoms with Crippen LogP contribution in [0.25, 0.3) is 21.6 Å². The van der Waals surface area contributed by atoms with Crippen LogP contribution in [0.4, 0.5) is 0 Å². The highest BCUT2D eigenvalue weighted by Crippen LogP contribution is 2.42. The van der Waals surface area contributed by atoms with E-state index in [0.717, 1.165) is 49.4 Å². The van der Waals surface area contributed by atoms with Crippen molar-refractivity contribution < 1.29 is 35.4 Å². The quantitative estimate of drug-likeness (QED) is 0.0512. The number of benzene rings is 3. The molecule has 0 amide bonds. The molecule has 5 aromatic rings. The Hall–Kier alpha value is -2.38. The van der Waals surface area contributed by atoms with Crippen LogP contribution < -0.4 is 9.47 Å². The Labute approximate surface area is 318 Å². The summed E-state index contributed by atoms with van der Waals surface area (Å²) in [5.74, 6) is 0.228. The molecule has 0 aliphatic heterocycles. The molecule has 0 atom stereocenters. The van der Waals surface area contributed by atoms with Crippen LogP contribution >= 0.6 is 65.8 Å².